The van der Waals surface area contributed by atoms with E-state index >= 15 is 0 Å². The summed E-state index contributed by atoms with van der Waals surface area (Å²) < 4.78 is 2.65. The number of fused-ring (bicyclic) bond motifs is 1. The van der Waals surface area contributed by atoms with Crippen LogP contribution < -0.4 is 5.32 Å². The van der Waals surface area contributed by atoms with E-state index in [0.717, 1.165) is 21.1 Å². The topological polar surface area (TPSA) is 59.8 Å². The zero-order chi connectivity index (χ0) is 14.7. The maximum Gasteiger partial charge on any atom is 0.226 e. The standard InChI is InChI=1S/C15H13BrN4O/c16-12-9-11-3-1-4-13(15(11)17-10-12)19-14(21)5-8-20-7-2-6-18-20/h1-4,6-7,9-10H,5,8H2,(H,19,21). The average molecular weight is 345 g/mol. The molecule has 3 aromatic rings. The summed E-state index contributed by atoms with van der Waals surface area (Å²) in [5.41, 5.74) is 1.51. The Balaban J connectivity index is 1.73. The monoisotopic (exact) mass is 344 g/mol. The van der Waals surface area contributed by atoms with Crippen LogP contribution >= 0.6 is 15.9 Å². The van der Waals surface area contributed by atoms with Crippen LogP contribution in [0.5, 0.6) is 0 Å². The van der Waals surface area contributed by atoms with Crippen molar-refractivity contribution in [2.24, 2.45) is 0 Å². The Morgan fingerprint density at radius 3 is 3.05 bits per heavy atom. The number of nitrogens with one attached hydrogen (secondary N) is 1. The van der Waals surface area contributed by atoms with E-state index in [2.05, 4.69) is 31.3 Å². The molecule has 0 saturated heterocycles. The number of halogens is 1. The molecule has 0 aliphatic carbocycles. The molecule has 5 nitrogen and oxygen atoms in total. The van der Waals surface area contributed by atoms with Gasteiger partial charge in [-0.15, -0.1) is 0 Å². The molecule has 0 radical (unpaired) electrons. The smallest absolute Gasteiger partial charge is 0.226 e. The summed E-state index contributed by atoms with van der Waals surface area (Å²) in [4.78, 5) is 16.4. The Morgan fingerprint density at radius 2 is 2.24 bits per heavy atom. The van der Waals surface area contributed by atoms with Crippen LogP contribution in [0.3, 0.4) is 0 Å². The molecule has 6 heteroatoms. The van der Waals surface area contributed by atoms with Gasteiger partial charge in [0.2, 0.25) is 5.91 Å². The molecule has 1 N–H and O–H groups in total. The highest BCUT2D eigenvalue weighted by molar-refractivity contribution is 9.10. The van der Waals surface area contributed by atoms with E-state index in [-0.39, 0.29) is 5.91 Å². The van der Waals surface area contributed by atoms with Gasteiger partial charge in [0.25, 0.3) is 0 Å². The van der Waals surface area contributed by atoms with Gasteiger partial charge in [-0.25, -0.2) is 0 Å². The van der Waals surface area contributed by atoms with Crippen molar-refractivity contribution in [2.45, 2.75) is 13.0 Å². The zero-order valence-corrected chi connectivity index (χ0v) is 12.7. The molecule has 21 heavy (non-hydrogen) atoms. The van der Waals surface area contributed by atoms with E-state index < -0.39 is 0 Å². The lowest BCUT2D eigenvalue weighted by Crippen LogP contribution is -2.15. The third-order valence-electron chi connectivity index (χ3n) is 3.08. The number of aryl methyl sites for hydroxylation is 1. The van der Waals surface area contributed by atoms with Crippen LogP contribution in [0.25, 0.3) is 10.9 Å². The summed E-state index contributed by atoms with van der Waals surface area (Å²) in [5, 5.41) is 7.96. The molecule has 106 valence electrons. The minimum atomic E-state index is -0.0530. The van der Waals surface area contributed by atoms with Gasteiger partial charge in [-0.1, -0.05) is 12.1 Å². The van der Waals surface area contributed by atoms with Gasteiger partial charge in [0.05, 0.1) is 11.2 Å². The lowest BCUT2D eigenvalue weighted by Gasteiger charge is -2.08. The fraction of sp³-hybridized carbons (Fsp3) is 0.133. The first kappa shape index (κ1) is 13.8. The molecule has 0 bridgehead atoms. The second-order valence-corrected chi connectivity index (χ2v) is 5.51. The van der Waals surface area contributed by atoms with E-state index in [9.17, 15) is 4.79 Å². The summed E-state index contributed by atoms with van der Waals surface area (Å²) in [6, 6.07) is 9.53. The van der Waals surface area contributed by atoms with E-state index in [1.165, 1.54) is 0 Å². The van der Waals surface area contributed by atoms with Crippen LogP contribution in [0.2, 0.25) is 0 Å². The second-order valence-electron chi connectivity index (χ2n) is 4.60. The van der Waals surface area contributed by atoms with Crippen molar-refractivity contribution in [1.82, 2.24) is 14.8 Å². The second kappa shape index (κ2) is 6.05. The van der Waals surface area contributed by atoms with Gasteiger partial charge >= 0.3 is 0 Å². The third-order valence-corrected chi connectivity index (χ3v) is 3.51. The number of benzene rings is 1. The van der Waals surface area contributed by atoms with Crippen LogP contribution in [-0.4, -0.2) is 20.7 Å². The van der Waals surface area contributed by atoms with E-state index in [4.69, 9.17) is 0 Å². The normalized spacial score (nSPS) is 10.7. The number of para-hydroxylation sites is 1. The molecular weight excluding hydrogens is 332 g/mol. The summed E-state index contributed by atoms with van der Waals surface area (Å²) >= 11 is 3.40. The summed E-state index contributed by atoms with van der Waals surface area (Å²) in [6.45, 7) is 0.558. The van der Waals surface area contributed by atoms with E-state index in [0.29, 0.717) is 13.0 Å². The number of hydrogen-bond acceptors (Lipinski definition) is 3. The van der Waals surface area contributed by atoms with Gasteiger partial charge < -0.3 is 5.32 Å². The molecule has 0 atom stereocenters. The number of anilines is 1. The zero-order valence-electron chi connectivity index (χ0n) is 11.2. The Kier molecular flexibility index (Phi) is 3.96. The largest absolute Gasteiger partial charge is 0.324 e. The van der Waals surface area contributed by atoms with Gasteiger partial charge in [0, 0.05) is 41.4 Å². The Morgan fingerprint density at radius 1 is 1.33 bits per heavy atom. The fourth-order valence-electron chi connectivity index (χ4n) is 2.10. The summed E-state index contributed by atoms with van der Waals surface area (Å²) in [5.74, 6) is -0.0530. The molecule has 1 aromatic carbocycles. The lowest BCUT2D eigenvalue weighted by molar-refractivity contribution is -0.116. The molecule has 0 aliphatic heterocycles. The number of rotatable bonds is 4. The Bertz CT molecular complexity index is 770. The van der Waals surface area contributed by atoms with Crippen molar-refractivity contribution in [3.63, 3.8) is 0 Å². The first-order chi connectivity index (χ1) is 10.2. The molecule has 0 saturated carbocycles. The predicted octanol–water partition coefficient (Wildman–Crippen LogP) is 3.22. The molecule has 0 spiro atoms. The summed E-state index contributed by atoms with van der Waals surface area (Å²) in [6.07, 6.45) is 5.63. The number of hydrogen-bond donors (Lipinski definition) is 1. The van der Waals surface area contributed by atoms with Gasteiger partial charge in [-0.2, -0.15) is 5.10 Å². The van der Waals surface area contributed by atoms with Gasteiger partial charge in [0.15, 0.2) is 0 Å². The molecule has 0 aliphatic rings. The molecule has 2 heterocycles. The highest BCUT2D eigenvalue weighted by Gasteiger charge is 2.07. The Hall–Kier alpha value is -2.21. The Labute approximate surface area is 130 Å². The maximum absolute atomic E-state index is 12.0. The van der Waals surface area contributed by atoms with Crippen molar-refractivity contribution in [3.05, 3.63) is 53.4 Å². The molecule has 2 aromatic heterocycles. The number of aromatic nitrogens is 3. The average Bonchev–Trinajstić information content (AvgIpc) is 2.98. The molecule has 0 unspecified atom stereocenters. The number of nitrogens with zero attached hydrogens (tertiary/aromatic N) is 3. The van der Waals surface area contributed by atoms with Crippen LogP contribution in [0, 0.1) is 0 Å². The van der Waals surface area contributed by atoms with Crippen molar-refractivity contribution in [3.8, 4) is 0 Å². The van der Waals surface area contributed by atoms with Crippen LogP contribution in [-0.2, 0) is 11.3 Å². The number of carbonyl (C=O) groups is 1. The highest BCUT2D eigenvalue weighted by atomic mass is 79.9. The molecular formula is C15H13BrN4O. The van der Waals surface area contributed by atoms with Crippen molar-refractivity contribution in [2.75, 3.05) is 5.32 Å². The van der Waals surface area contributed by atoms with Gasteiger partial charge in [0.1, 0.15) is 0 Å². The van der Waals surface area contributed by atoms with Crippen molar-refractivity contribution in [1.29, 1.82) is 0 Å². The van der Waals surface area contributed by atoms with E-state index in [1.54, 1.807) is 17.1 Å². The fourth-order valence-corrected chi connectivity index (χ4v) is 2.45. The minimum absolute atomic E-state index is 0.0530. The van der Waals surface area contributed by atoms with Crippen molar-refractivity contribution < 1.29 is 4.79 Å². The molecule has 1 amide bonds. The summed E-state index contributed by atoms with van der Waals surface area (Å²) in [7, 11) is 0. The quantitative estimate of drug-likeness (QED) is 0.790. The van der Waals surface area contributed by atoms with Crippen LogP contribution in [0.4, 0.5) is 5.69 Å². The number of pyridine rings is 1. The van der Waals surface area contributed by atoms with E-state index in [1.807, 2.05) is 36.5 Å². The van der Waals surface area contributed by atoms with Crippen molar-refractivity contribution >= 4 is 38.4 Å². The SMILES string of the molecule is O=C(CCn1cccn1)Nc1cccc2cc(Br)cnc12. The van der Waals surface area contributed by atoms with Crippen LogP contribution in [0.1, 0.15) is 6.42 Å². The van der Waals surface area contributed by atoms with Crippen LogP contribution in [0.15, 0.2) is 53.4 Å². The number of amides is 1. The molecule has 0 fully saturated rings. The van der Waals surface area contributed by atoms with Gasteiger partial charge in [-0.05, 0) is 34.1 Å². The maximum atomic E-state index is 12.0. The first-order valence-corrected chi connectivity index (χ1v) is 7.33. The highest BCUT2D eigenvalue weighted by Crippen LogP contribution is 2.23. The molecule has 3 rings (SSSR count). The minimum Gasteiger partial charge on any atom is -0.324 e. The first-order valence-electron chi connectivity index (χ1n) is 6.54. The number of carbonyl (C=O) groups excluding carboxylic acids is 1. The predicted molar refractivity (Wildman–Crippen MR) is 84.9 cm³/mol. The third kappa shape index (κ3) is 3.28. The lowest BCUT2D eigenvalue weighted by atomic mass is 10.2. The van der Waals surface area contributed by atoms with Gasteiger partial charge in [-0.3, -0.25) is 14.5 Å².